The minimum absolute atomic E-state index is 0.0410. The Labute approximate surface area is 248 Å². The van der Waals surface area contributed by atoms with Crippen LogP contribution in [0.5, 0.6) is 0 Å². The molecule has 0 atom stereocenters. The number of unbranched alkanes of at least 4 members (excludes halogenated alkanes) is 9. The van der Waals surface area contributed by atoms with E-state index in [-0.39, 0.29) is 12.5 Å². The topological polar surface area (TPSA) is 66.0 Å². The summed E-state index contributed by atoms with van der Waals surface area (Å²) in [6.45, 7) is 23.5. The normalized spacial score (nSPS) is 12.9. The third-order valence-corrected chi connectivity index (χ3v) is 20.8. The molecular formula is C29H67NO5Si4. The lowest BCUT2D eigenvalue weighted by atomic mass is 10.1. The van der Waals surface area contributed by atoms with Gasteiger partial charge in [-0.3, -0.25) is 4.79 Å². The molecule has 6 nitrogen and oxygen atoms in total. The highest BCUT2D eigenvalue weighted by Gasteiger charge is 2.35. The molecule has 0 rings (SSSR count). The van der Waals surface area contributed by atoms with Gasteiger partial charge in [-0.05, 0) is 83.4 Å². The van der Waals surface area contributed by atoms with Crippen LogP contribution in [0.2, 0.25) is 70.5 Å². The molecule has 234 valence electrons. The minimum atomic E-state index is -1.76. The van der Waals surface area contributed by atoms with Gasteiger partial charge in [-0.1, -0.05) is 64.7 Å². The molecule has 0 aliphatic heterocycles. The van der Waals surface area contributed by atoms with Gasteiger partial charge in [-0.25, -0.2) is 0 Å². The lowest BCUT2D eigenvalue weighted by Crippen LogP contribution is -2.46. The second kappa shape index (κ2) is 22.7. The molecule has 39 heavy (non-hydrogen) atoms. The average Bonchev–Trinajstić information content (AvgIpc) is 2.82. The first-order valence-electron chi connectivity index (χ1n) is 16.1. The van der Waals surface area contributed by atoms with Crippen molar-refractivity contribution in [3.8, 4) is 0 Å². The molecule has 0 aromatic heterocycles. The average molecular weight is 622 g/mol. The zero-order valence-electron chi connectivity index (χ0n) is 27.6. The van der Waals surface area contributed by atoms with E-state index in [2.05, 4.69) is 64.6 Å². The van der Waals surface area contributed by atoms with Crippen LogP contribution in [0.3, 0.4) is 0 Å². The molecule has 0 bridgehead atoms. The van der Waals surface area contributed by atoms with E-state index in [1.807, 2.05) is 0 Å². The van der Waals surface area contributed by atoms with Crippen LogP contribution in [0.15, 0.2) is 0 Å². The molecule has 10 heteroatoms. The number of hydrogen-bond donors (Lipinski definition) is 1. The zero-order valence-corrected chi connectivity index (χ0v) is 31.7. The number of nitrogens with one attached hydrogen (secondary N) is 1. The molecule has 0 aromatic carbocycles. The lowest BCUT2D eigenvalue weighted by Gasteiger charge is -2.36. The van der Waals surface area contributed by atoms with E-state index in [0.717, 1.165) is 25.5 Å². The standard InChI is InChI=1S/C29H67NO5Si4/c1-10-11-12-13-14-15-16-17-18-19-22-32-23-24-33-28-29(31)30-21-20-25-38(6,7)35-39(8,9)27-26-37(4,5)34-36(2)3/h36H,10-28H2,1-9H3,(H,30,31). The Hall–Kier alpha value is 0.178. The zero-order chi connectivity index (χ0) is 29.6. The van der Waals surface area contributed by atoms with Gasteiger partial charge >= 0.3 is 0 Å². The molecule has 1 N–H and O–H groups in total. The van der Waals surface area contributed by atoms with Crippen LogP contribution in [-0.4, -0.2) is 72.9 Å². The van der Waals surface area contributed by atoms with Gasteiger partial charge in [0.2, 0.25) is 5.91 Å². The molecule has 0 aromatic rings. The van der Waals surface area contributed by atoms with E-state index < -0.39 is 34.0 Å². The summed E-state index contributed by atoms with van der Waals surface area (Å²) >= 11 is 0. The Morgan fingerprint density at radius 1 is 0.641 bits per heavy atom. The smallest absolute Gasteiger partial charge is 0.245 e. The summed E-state index contributed by atoms with van der Waals surface area (Å²) in [5.74, 6) is -0.0410. The van der Waals surface area contributed by atoms with Gasteiger partial charge in [-0.15, -0.1) is 0 Å². The first-order chi connectivity index (χ1) is 18.3. The van der Waals surface area contributed by atoms with Crippen LogP contribution < -0.4 is 5.32 Å². The van der Waals surface area contributed by atoms with Crippen molar-refractivity contribution < 1.29 is 22.5 Å². The van der Waals surface area contributed by atoms with Gasteiger partial charge in [0.1, 0.15) is 6.61 Å². The molecule has 0 saturated heterocycles. The Morgan fingerprint density at radius 3 is 1.74 bits per heavy atom. The Morgan fingerprint density at radius 2 is 1.15 bits per heavy atom. The van der Waals surface area contributed by atoms with Crippen LogP contribution in [-0.2, 0) is 22.5 Å². The number of hydrogen-bond acceptors (Lipinski definition) is 5. The first kappa shape index (κ1) is 39.2. The molecule has 0 unspecified atom stereocenters. The van der Waals surface area contributed by atoms with Crippen LogP contribution in [0.1, 0.15) is 77.6 Å². The van der Waals surface area contributed by atoms with Crippen molar-refractivity contribution in [2.45, 2.75) is 148 Å². The Bertz CT molecular complexity index is 606. The van der Waals surface area contributed by atoms with Crippen molar-refractivity contribution in [1.82, 2.24) is 5.32 Å². The minimum Gasteiger partial charge on any atom is -0.458 e. The maximum atomic E-state index is 12.1. The number of amides is 1. The maximum absolute atomic E-state index is 12.1. The van der Waals surface area contributed by atoms with Crippen molar-refractivity contribution in [3.05, 3.63) is 0 Å². The summed E-state index contributed by atoms with van der Waals surface area (Å²) in [4.78, 5) is 12.1. The maximum Gasteiger partial charge on any atom is 0.245 e. The molecule has 0 spiro atoms. The summed E-state index contributed by atoms with van der Waals surface area (Å²) in [7, 11) is -6.02. The third-order valence-electron chi connectivity index (χ3n) is 6.96. The SMILES string of the molecule is CCCCCCCCCCCCOCCOCC(=O)NCCC[Si](C)(C)O[Si](C)(C)CC[Si](C)(C)O[SiH](C)C. The van der Waals surface area contributed by atoms with Crippen molar-refractivity contribution in [2.75, 3.05) is 33.0 Å². The van der Waals surface area contributed by atoms with Gasteiger partial charge in [0, 0.05) is 13.2 Å². The van der Waals surface area contributed by atoms with Crippen LogP contribution in [0.25, 0.3) is 0 Å². The van der Waals surface area contributed by atoms with Crippen LogP contribution in [0, 0.1) is 0 Å². The summed E-state index contributed by atoms with van der Waals surface area (Å²) in [6.07, 6.45) is 14.3. The number of ether oxygens (including phenoxy) is 2. The monoisotopic (exact) mass is 621 g/mol. The lowest BCUT2D eigenvalue weighted by molar-refractivity contribution is -0.126. The third kappa shape index (κ3) is 26.8. The fourth-order valence-electron chi connectivity index (χ4n) is 5.02. The molecule has 0 saturated carbocycles. The van der Waals surface area contributed by atoms with Gasteiger partial charge in [0.05, 0.1) is 13.2 Å². The molecule has 0 radical (unpaired) electrons. The quantitative estimate of drug-likeness (QED) is 0.0742. The summed E-state index contributed by atoms with van der Waals surface area (Å²) < 4.78 is 24.3. The van der Waals surface area contributed by atoms with E-state index >= 15 is 0 Å². The largest absolute Gasteiger partial charge is 0.458 e. The van der Waals surface area contributed by atoms with Gasteiger partial charge < -0.3 is 23.0 Å². The second-order valence-corrected chi connectivity index (χ2v) is 29.3. The highest BCUT2D eigenvalue weighted by atomic mass is 28.4. The second-order valence-electron chi connectivity index (χ2n) is 13.3. The number of carbonyl (C=O) groups is 1. The highest BCUT2D eigenvalue weighted by molar-refractivity contribution is 6.86. The van der Waals surface area contributed by atoms with Crippen molar-refractivity contribution in [1.29, 1.82) is 0 Å². The molecule has 0 heterocycles. The Kier molecular flexibility index (Phi) is 22.8. The van der Waals surface area contributed by atoms with Gasteiger partial charge in [0.15, 0.2) is 34.0 Å². The molecule has 0 aliphatic rings. The Balaban J connectivity index is 3.74. The van der Waals surface area contributed by atoms with Crippen molar-refractivity contribution in [3.63, 3.8) is 0 Å². The van der Waals surface area contributed by atoms with Crippen LogP contribution >= 0.6 is 0 Å². The predicted octanol–water partition coefficient (Wildman–Crippen LogP) is 8.08. The molecule has 0 aliphatic carbocycles. The van der Waals surface area contributed by atoms with Gasteiger partial charge in [-0.2, -0.15) is 0 Å². The molecule has 1 amide bonds. The predicted molar refractivity (Wildman–Crippen MR) is 179 cm³/mol. The van der Waals surface area contributed by atoms with Crippen LogP contribution in [0.4, 0.5) is 0 Å². The number of rotatable bonds is 27. The van der Waals surface area contributed by atoms with Crippen molar-refractivity contribution >= 4 is 39.9 Å². The van der Waals surface area contributed by atoms with E-state index in [1.165, 1.54) is 69.9 Å². The van der Waals surface area contributed by atoms with E-state index in [9.17, 15) is 4.79 Å². The van der Waals surface area contributed by atoms with Gasteiger partial charge in [0.25, 0.3) is 0 Å². The fourth-order valence-corrected chi connectivity index (χ4v) is 23.2. The van der Waals surface area contributed by atoms with Crippen molar-refractivity contribution in [2.24, 2.45) is 0 Å². The van der Waals surface area contributed by atoms with E-state index in [1.54, 1.807) is 0 Å². The highest BCUT2D eigenvalue weighted by Crippen LogP contribution is 2.27. The summed E-state index contributed by atoms with van der Waals surface area (Å²) in [5, 5.41) is 3.00. The fraction of sp³-hybridized carbons (Fsp3) is 0.966. The van der Waals surface area contributed by atoms with E-state index in [0.29, 0.717) is 19.8 Å². The van der Waals surface area contributed by atoms with E-state index in [4.69, 9.17) is 17.7 Å². The number of carbonyl (C=O) groups excluding carboxylic acids is 1. The first-order valence-corrected chi connectivity index (χ1v) is 28.2. The molecular weight excluding hydrogens is 555 g/mol. The molecule has 0 fully saturated rings. The summed E-state index contributed by atoms with van der Waals surface area (Å²) in [5.41, 5.74) is 0. The summed E-state index contributed by atoms with van der Waals surface area (Å²) in [6, 6.07) is 3.44.